The van der Waals surface area contributed by atoms with Crippen LogP contribution in [-0.2, 0) is 5.41 Å². The molecular formula is C14H14N2. The average molecular weight is 210 g/mol. The van der Waals surface area contributed by atoms with E-state index in [-0.39, 0.29) is 5.41 Å². The molecule has 0 spiro atoms. The Labute approximate surface area is 96.1 Å². The van der Waals surface area contributed by atoms with Gasteiger partial charge in [-0.25, -0.2) is 0 Å². The predicted octanol–water partition coefficient (Wildman–Crippen LogP) is 3.11. The summed E-state index contributed by atoms with van der Waals surface area (Å²) in [6, 6.07) is 12.4. The third kappa shape index (κ3) is 1.31. The summed E-state index contributed by atoms with van der Waals surface area (Å²) in [5.41, 5.74) is 2.16. The summed E-state index contributed by atoms with van der Waals surface area (Å²) >= 11 is 0. The first-order valence-corrected chi connectivity index (χ1v) is 5.52. The maximum absolute atomic E-state index is 9.09. The van der Waals surface area contributed by atoms with Gasteiger partial charge in [0.25, 0.3) is 0 Å². The van der Waals surface area contributed by atoms with Crippen molar-refractivity contribution < 1.29 is 0 Å². The second-order valence-electron chi connectivity index (χ2n) is 4.80. The molecule has 16 heavy (non-hydrogen) atoms. The Bertz CT molecular complexity index is 478. The van der Waals surface area contributed by atoms with Crippen molar-refractivity contribution in [2.24, 2.45) is 5.92 Å². The standard InChI is InChI=1S/C14H14N2/c1-10-7-14(2,11(8-15)9-16)13-6-4-3-5-12(10)13/h3-6,10-11H,7H2,1-2H3/t10-,14+/m1/s1. The van der Waals surface area contributed by atoms with Crippen molar-refractivity contribution in [1.29, 1.82) is 10.5 Å². The first-order valence-electron chi connectivity index (χ1n) is 5.52. The molecule has 0 saturated carbocycles. The van der Waals surface area contributed by atoms with E-state index in [1.165, 1.54) is 11.1 Å². The highest BCUT2D eigenvalue weighted by molar-refractivity contribution is 5.44. The zero-order chi connectivity index (χ0) is 11.8. The monoisotopic (exact) mass is 210 g/mol. The number of hydrogen-bond acceptors (Lipinski definition) is 2. The molecule has 0 aliphatic heterocycles. The van der Waals surface area contributed by atoms with Crippen molar-refractivity contribution in [1.82, 2.24) is 0 Å². The van der Waals surface area contributed by atoms with E-state index in [4.69, 9.17) is 10.5 Å². The summed E-state index contributed by atoms with van der Waals surface area (Å²) in [4.78, 5) is 0. The number of fused-ring (bicyclic) bond motifs is 1. The minimum atomic E-state index is -0.557. The lowest BCUT2D eigenvalue weighted by atomic mass is 9.73. The van der Waals surface area contributed by atoms with Gasteiger partial charge in [0.1, 0.15) is 5.92 Å². The molecule has 1 aromatic carbocycles. The molecule has 0 radical (unpaired) electrons. The molecule has 1 aliphatic rings. The van der Waals surface area contributed by atoms with E-state index in [0.717, 1.165) is 6.42 Å². The van der Waals surface area contributed by atoms with Gasteiger partial charge in [0, 0.05) is 5.41 Å². The van der Waals surface area contributed by atoms with Crippen LogP contribution in [0.2, 0.25) is 0 Å². The van der Waals surface area contributed by atoms with Gasteiger partial charge in [-0.05, 0) is 23.5 Å². The molecule has 0 unspecified atom stereocenters. The van der Waals surface area contributed by atoms with Crippen LogP contribution in [0, 0.1) is 28.6 Å². The fraction of sp³-hybridized carbons (Fsp3) is 0.429. The lowest BCUT2D eigenvalue weighted by molar-refractivity contribution is 0.394. The van der Waals surface area contributed by atoms with Gasteiger partial charge in [0.05, 0.1) is 12.1 Å². The van der Waals surface area contributed by atoms with Crippen molar-refractivity contribution in [2.45, 2.75) is 31.6 Å². The lowest BCUT2D eigenvalue weighted by Gasteiger charge is -2.26. The van der Waals surface area contributed by atoms with Crippen LogP contribution in [-0.4, -0.2) is 0 Å². The van der Waals surface area contributed by atoms with Gasteiger partial charge in [0.15, 0.2) is 0 Å². The van der Waals surface area contributed by atoms with E-state index in [1.807, 2.05) is 19.1 Å². The summed E-state index contributed by atoms with van der Waals surface area (Å²) in [6.07, 6.45) is 0.887. The smallest absolute Gasteiger partial charge is 0.142 e. The molecule has 2 heteroatoms. The number of hydrogen-bond donors (Lipinski definition) is 0. The quantitative estimate of drug-likeness (QED) is 0.715. The van der Waals surface area contributed by atoms with E-state index in [0.29, 0.717) is 5.92 Å². The van der Waals surface area contributed by atoms with Gasteiger partial charge in [0.2, 0.25) is 0 Å². The number of nitrogens with zero attached hydrogens (tertiary/aromatic N) is 2. The SMILES string of the molecule is C[C@@H]1C[C@@](C)(C(C#N)C#N)c2ccccc21. The Balaban J connectivity index is 2.56. The highest BCUT2D eigenvalue weighted by Gasteiger charge is 2.44. The van der Waals surface area contributed by atoms with Crippen molar-refractivity contribution in [3.05, 3.63) is 35.4 Å². The molecule has 80 valence electrons. The molecule has 0 heterocycles. The fourth-order valence-corrected chi connectivity index (χ4v) is 2.89. The molecule has 1 aromatic rings. The van der Waals surface area contributed by atoms with Gasteiger partial charge in [-0.3, -0.25) is 0 Å². The predicted molar refractivity (Wildman–Crippen MR) is 61.5 cm³/mol. The van der Waals surface area contributed by atoms with Crippen LogP contribution in [0.5, 0.6) is 0 Å². The molecule has 0 amide bonds. The van der Waals surface area contributed by atoms with E-state index in [9.17, 15) is 0 Å². The molecule has 0 aromatic heterocycles. The number of benzene rings is 1. The minimum Gasteiger partial charge on any atom is -0.197 e. The fourth-order valence-electron chi connectivity index (χ4n) is 2.89. The van der Waals surface area contributed by atoms with Crippen LogP contribution in [0.25, 0.3) is 0 Å². The summed E-state index contributed by atoms with van der Waals surface area (Å²) in [6.45, 7) is 4.20. The summed E-state index contributed by atoms with van der Waals surface area (Å²) in [7, 11) is 0. The van der Waals surface area contributed by atoms with Crippen LogP contribution in [0.3, 0.4) is 0 Å². The van der Waals surface area contributed by atoms with E-state index >= 15 is 0 Å². The van der Waals surface area contributed by atoms with Crippen molar-refractivity contribution >= 4 is 0 Å². The van der Waals surface area contributed by atoms with Crippen LogP contribution < -0.4 is 0 Å². The second kappa shape index (κ2) is 3.65. The van der Waals surface area contributed by atoms with Crippen molar-refractivity contribution in [3.8, 4) is 12.1 Å². The number of rotatable bonds is 1. The molecular weight excluding hydrogens is 196 g/mol. The van der Waals surface area contributed by atoms with Crippen LogP contribution in [0.15, 0.2) is 24.3 Å². The molecule has 0 bridgehead atoms. The third-order valence-corrected chi connectivity index (χ3v) is 3.73. The van der Waals surface area contributed by atoms with E-state index < -0.39 is 5.92 Å². The Morgan fingerprint density at radius 1 is 1.31 bits per heavy atom. The normalized spacial score (nSPS) is 27.2. The van der Waals surface area contributed by atoms with Gasteiger partial charge in [-0.2, -0.15) is 10.5 Å². The first kappa shape index (κ1) is 10.7. The molecule has 2 rings (SSSR count). The number of nitriles is 2. The largest absolute Gasteiger partial charge is 0.197 e. The van der Waals surface area contributed by atoms with Gasteiger partial charge in [-0.1, -0.05) is 38.1 Å². The van der Waals surface area contributed by atoms with Crippen molar-refractivity contribution in [3.63, 3.8) is 0 Å². The van der Waals surface area contributed by atoms with Gasteiger partial charge < -0.3 is 0 Å². The highest BCUT2D eigenvalue weighted by atomic mass is 14.5. The molecule has 0 N–H and O–H groups in total. The second-order valence-corrected chi connectivity index (χ2v) is 4.80. The zero-order valence-electron chi connectivity index (χ0n) is 9.57. The molecule has 1 aliphatic carbocycles. The summed E-state index contributed by atoms with van der Waals surface area (Å²) < 4.78 is 0. The summed E-state index contributed by atoms with van der Waals surface area (Å²) in [5, 5.41) is 18.2. The van der Waals surface area contributed by atoms with E-state index in [2.05, 4.69) is 31.2 Å². The Kier molecular flexibility index (Phi) is 2.44. The van der Waals surface area contributed by atoms with Crippen LogP contribution in [0.1, 0.15) is 37.3 Å². The molecule has 0 fully saturated rings. The third-order valence-electron chi connectivity index (χ3n) is 3.73. The highest BCUT2D eigenvalue weighted by Crippen LogP contribution is 2.49. The maximum Gasteiger partial charge on any atom is 0.142 e. The average Bonchev–Trinajstić information content (AvgIpc) is 2.55. The molecule has 2 atom stereocenters. The van der Waals surface area contributed by atoms with Gasteiger partial charge >= 0.3 is 0 Å². The van der Waals surface area contributed by atoms with Crippen LogP contribution in [0.4, 0.5) is 0 Å². The Morgan fingerprint density at radius 3 is 2.56 bits per heavy atom. The zero-order valence-corrected chi connectivity index (χ0v) is 9.57. The Morgan fingerprint density at radius 2 is 1.94 bits per heavy atom. The maximum atomic E-state index is 9.09. The van der Waals surface area contributed by atoms with Crippen molar-refractivity contribution in [2.75, 3.05) is 0 Å². The first-order chi connectivity index (χ1) is 7.63. The van der Waals surface area contributed by atoms with E-state index in [1.54, 1.807) is 0 Å². The van der Waals surface area contributed by atoms with Gasteiger partial charge in [-0.15, -0.1) is 0 Å². The summed E-state index contributed by atoms with van der Waals surface area (Å²) in [5.74, 6) is -0.121. The molecule has 2 nitrogen and oxygen atoms in total. The minimum absolute atomic E-state index is 0.306. The molecule has 0 saturated heterocycles. The Hall–Kier alpha value is -1.80. The topological polar surface area (TPSA) is 47.6 Å². The lowest BCUT2D eigenvalue weighted by Crippen LogP contribution is -2.27. The van der Waals surface area contributed by atoms with Crippen LogP contribution >= 0.6 is 0 Å².